The highest BCUT2D eigenvalue weighted by atomic mass is 79.9. The standard InChI is InChI=1S/C20H15BrN2O5S/c1-2-9-28-17-8-5-15(21)10-14(17)11-18-19(24)22(20(25)29-18)12-13-3-6-16(7-4-13)23(26)27/h2-8,10-11H,1,9,12H2/b18-11-. The van der Waals surface area contributed by atoms with Gasteiger partial charge >= 0.3 is 0 Å². The molecule has 1 fully saturated rings. The number of carbonyl (C=O) groups excluding carboxylic acids is 2. The summed E-state index contributed by atoms with van der Waals surface area (Å²) in [5, 5.41) is 10.4. The first-order valence-corrected chi connectivity index (χ1v) is 10.0. The molecule has 9 heteroatoms. The van der Waals surface area contributed by atoms with Gasteiger partial charge in [-0.3, -0.25) is 24.6 Å². The van der Waals surface area contributed by atoms with Gasteiger partial charge < -0.3 is 4.74 Å². The fraction of sp³-hybridized carbons (Fsp3) is 0.100. The zero-order valence-corrected chi connectivity index (χ0v) is 17.4. The van der Waals surface area contributed by atoms with Crippen molar-refractivity contribution in [3.05, 3.63) is 85.7 Å². The maximum Gasteiger partial charge on any atom is 0.293 e. The Bertz CT molecular complexity index is 1020. The van der Waals surface area contributed by atoms with Crippen LogP contribution in [0.25, 0.3) is 6.08 Å². The van der Waals surface area contributed by atoms with Gasteiger partial charge in [0.25, 0.3) is 16.8 Å². The van der Waals surface area contributed by atoms with Crippen LogP contribution in [0, 0.1) is 10.1 Å². The quantitative estimate of drug-likeness (QED) is 0.238. The largest absolute Gasteiger partial charge is 0.489 e. The molecule has 0 saturated carbocycles. The Morgan fingerprint density at radius 3 is 2.59 bits per heavy atom. The molecule has 1 heterocycles. The minimum Gasteiger partial charge on any atom is -0.489 e. The topological polar surface area (TPSA) is 89.8 Å². The molecule has 29 heavy (non-hydrogen) atoms. The molecule has 0 unspecified atom stereocenters. The molecule has 7 nitrogen and oxygen atoms in total. The van der Waals surface area contributed by atoms with E-state index in [1.54, 1.807) is 24.3 Å². The Morgan fingerprint density at radius 2 is 1.93 bits per heavy atom. The van der Waals surface area contributed by atoms with Crippen molar-refractivity contribution >= 4 is 50.6 Å². The number of hydrogen-bond acceptors (Lipinski definition) is 6. The summed E-state index contributed by atoms with van der Waals surface area (Å²) in [4.78, 5) is 36.7. The number of nitro groups is 1. The molecule has 1 saturated heterocycles. The lowest BCUT2D eigenvalue weighted by molar-refractivity contribution is -0.384. The minimum absolute atomic E-state index is 0.0400. The Balaban J connectivity index is 1.82. The summed E-state index contributed by atoms with van der Waals surface area (Å²) in [6.07, 6.45) is 3.23. The molecule has 2 aromatic rings. The number of imide groups is 1. The molecule has 1 aliphatic rings. The van der Waals surface area contributed by atoms with E-state index in [2.05, 4.69) is 22.5 Å². The number of nitrogens with zero attached hydrogens (tertiary/aromatic N) is 2. The monoisotopic (exact) mass is 474 g/mol. The molecule has 0 spiro atoms. The van der Waals surface area contributed by atoms with E-state index in [4.69, 9.17) is 4.74 Å². The first kappa shape index (κ1) is 20.8. The van der Waals surface area contributed by atoms with Crippen molar-refractivity contribution in [2.45, 2.75) is 6.54 Å². The second-order valence-corrected chi connectivity index (χ2v) is 7.88. The van der Waals surface area contributed by atoms with Gasteiger partial charge in [-0.15, -0.1) is 0 Å². The van der Waals surface area contributed by atoms with Crippen LogP contribution < -0.4 is 4.74 Å². The van der Waals surface area contributed by atoms with Crippen molar-refractivity contribution in [3.63, 3.8) is 0 Å². The zero-order valence-electron chi connectivity index (χ0n) is 15.0. The van der Waals surface area contributed by atoms with Gasteiger partial charge in [-0.25, -0.2) is 0 Å². The molecule has 148 valence electrons. The van der Waals surface area contributed by atoms with Crippen molar-refractivity contribution in [2.24, 2.45) is 0 Å². The van der Waals surface area contributed by atoms with Gasteiger partial charge in [-0.2, -0.15) is 0 Å². The highest BCUT2D eigenvalue weighted by Crippen LogP contribution is 2.35. The lowest BCUT2D eigenvalue weighted by Gasteiger charge is -2.12. The van der Waals surface area contributed by atoms with Crippen molar-refractivity contribution < 1.29 is 19.2 Å². The number of ether oxygens (including phenoxy) is 1. The molecule has 0 bridgehead atoms. The number of amides is 2. The fourth-order valence-electron chi connectivity index (χ4n) is 2.60. The third-order valence-electron chi connectivity index (χ3n) is 3.98. The molecule has 0 aliphatic carbocycles. The number of carbonyl (C=O) groups is 2. The van der Waals surface area contributed by atoms with E-state index < -0.39 is 16.1 Å². The van der Waals surface area contributed by atoms with E-state index >= 15 is 0 Å². The van der Waals surface area contributed by atoms with E-state index in [1.807, 2.05) is 6.07 Å². The summed E-state index contributed by atoms with van der Waals surface area (Å²) in [5.74, 6) is 0.142. The van der Waals surface area contributed by atoms with Crippen molar-refractivity contribution in [1.29, 1.82) is 0 Å². The number of nitro benzene ring substituents is 1. The van der Waals surface area contributed by atoms with Crippen LogP contribution in [0.4, 0.5) is 10.5 Å². The van der Waals surface area contributed by atoms with Crippen LogP contribution >= 0.6 is 27.7 Å². The highest BCUT2D eigenvalue weighted by Gasteiger charge is 2.35. The van der Waals surface area contributed by atoms with Crippen LogP contribution in [0.15, 0.2) is 64.5 Å². The molecule has 2 aromatic carbocycles. The molecule has 0 N–H and O–H groups in total. The SMILES string of the molecule is C=CCOc1ccc(Br)cc1/C=C1\SC(=O)N(Cc2ccc([N+](=O)[O-])cc2)C1=O. The molecule has 0 aromatic heterocycles. The lowest BCUT2D eigenvalue weighted by Crippen LogP contribution is -2.27. The predicted molar refractivity (Wildman–Crippen MR) is 114 cm³/mol. The van der Waals surface area contributed by atoms with Gasteiger partial charge in [0.2, 0.25) is 0 Å². The zero-order chi connectivity index (χ0) is 21.0. The Hall–Kier alpha value is -2.91. The maximum absolute atomic E-state index is 12.7. The molecule has 0 atom stereocenters. The minimum atomic E-state index is -0.503. The second-order valence-electron chi connectivity index (χ2n) is 5.97. The van der Waals surface area contributed by atoms with E-state index in [9.17, 15) is 19.7 Å². The molecule has 3 rings (SSSR count). The number of rotatable bonds is 7. The van der Waals surface area contributed by atoms with Crippen LogP contribution in [-0.4, -0.2) is 27.6 Å². The number of benzene rings is 2. The predicted octanol–water partition coefficient (Wildman–Crippen LogP) is 5.16. The van der Waals surface area contributed by atoms with Crippen molar-refractivity contribution in [2.75, 3.05) is 6.61 Å². The summed E-state index contributed by atoms with van der Waals surface area (Å²) in [6, 6.07) is 11.1. The van der Waals surface area contributed by atoms with E-state index in [-0.39, 0.29) is 17.1 Å². The van der Waals surface area contributed by atoms with Crippen LogP contribution in [0.1, 0.15) is 11.1 Å². The molecule has 1 aliphatic heterocycles. The third-order valence-corrected chi connectivity index (χ3v) is 5.38. The van der Waals surface area contributed by atoms with Crippen LogP contribution in [0.3, 0.4) is 0 Å². The van der Waals surface area contributed by atoms with Gasteiger partial charge in [-0.05, 0) is 41.6 Å². The lowest BCUT2D eigenvalue weighted by atomic mass is 10.1. The summed E-state index contributed by atoms with van der Waals surface area (Å²) < 4.78 is 6.41. The van der Waals surface area contributed by atoms with Gasteiger partial charge in [0.15, 0.2) is 0 Å². The molecule has 0 radical (unpaired) electrons. The number of non-ortho nitro benzene ring substituents is 1. The smallest absolute Gasteiger partial charge is 0.293 e. The van der Waals surface area contributed by atoms with Crippen molar-refractivity contribution in [3.8, 4) is 5.75 Å². The molecular weight excluding hydrogens is 460 g/mol. The first-order chi connectivity index (χ1) is 13.9. The van der Waals surface area contributed by atoms with Gasteiger partial charge in [0, 0.05) is 22.2 Å². The van der Waals surface area contributed by atoms with Gasteiger partial charge in [0.1, 0.15) is 12.4 Å². The summed E-state index contributed by atoms with van der Waals surface area (Å²) in [7, 11) is 0. The summed E-state index contributed by atoms with van der Waals surface area (Å²) >= 11 is 4.23. The Morgan fingerprint density at radius 1 is 1.21 bits per heavy atom. The van der Waals surface area contributed by atoms with E-state index in [1.165, 1.54) is 24.3 Å². The average Bonchev–Trinajstić information content (AvgIpc) is 2.95. The van der Waals surface area contributed by atoms with E-state index in [0.29, 0.717) is 23.5 Å². The van der Waals surface area contributed by atoms with E-state index in [0.717, 1.165) is 21.1 Å². The number of halogens is 1. The third kappa shape index (κ3) is 4.93. The number of thioether (sulfide) groups is 1. The summed E-state index contributed by atoms with van der Waals surface area (Å²) in [6.45, 7) is 3.97. The fourth-order valence-corrected chi connectivity index (χ4v) is 3.80. The normalized spacial score (nSPS) is 15.1. The Labute approximate surface area is 179 Å². The maximum atomic E-state index is 12.7. The highest BCUT2D eigenvalue weighted by molar-refractivity contribution is 9.10. The van der Waals surface area contributed by atoms with Gasteiger partial charge in [0.05, 0.1) is 16.4 Å². The van der Waals surface area contributed by atoms with Crippen LogP contribution in [0.2, 0.25) is 0 Å². The summed E-state index contributed by atoms with van der Waals surface area (Å²) in [5.41, 5.74) is 1.23. The Kier molecular flexibility index (Phi) is 6.50. The van der Waals surface area contributed by atoms with Crippen LogP contribution in [-0.2, 0) is 11.3 Å². The van der Waals surface area contributed by atoms with Crippen LogP contribution in [0.5, 0.6) is 5.75 Å². The average molecular weight is 475 g/mol. The first-order valence-electron chi connectivity index (χ1n) is 8.41. The number of hydrogen-bond donors (Lipinski definition) is 0. The molecule has 2 amide bonds. The van der Waals surface area contributed by atoms with Crippen molar-refractivity contribution in [1.82, 2.24) is 4.90 Å². The van der Waals surface area contributed by atoms with Gasteiger partial charge in [-0.1, -0.05) is 40.7 Å². The molecular formula is C20H15BrN2O5S. The second kappa shape index (κ2) is 9.06.